The molecule has 2 heterocycles. The summed E-state index contributed by atoms with van der Waals surface area (Å²) < 4.78 is 0. The molecule has 2 aromatic heterocycles. The lowest BCUT2D eigenvalue weighted by Crippen LogP contribution is -2.30. The Morgan fingerprint density at radius 2 is 2.00 bits per heavy atom. The van der Waals surface area contributed by atoms with Crippen molar-refractivity contribution in [1.29, 1.82) is 0 Å². The molecule has 10 heteroatoms. The summed E-state index contributed by atoms with van der Waals surface area (Å²) in [6, 6.07) is 0. The van der Waals surface area contributed by atoms with E-state index in [0.717, 1.165) is 42.5 Å². The molecule has 3 rings (SSSR count). The number of hydrogen-bond acceptors (Lipinski definition) is 7. The van der Waals surface area contributed by atoms with Crippen molar-refractivity contribution in [3.63, 3.8) is 0 Å². The fourth-order valence-electron chi connectivity index (χ4n) is 2.64. The maximum atomic E-state index is 12.1. The van der Waals surface area contributed by atoms with Crippen LogP contribution in [0.1, 0.15) is 40.1 Å². The molecule has 0 saturated carbocycles. The first kappa shape index (κ1) is 15.4. The number of H-pyrrole nitrogens is 2. The predicted octanol–water partition coefficient (Wildman–Crippen LogP) is 1.76. The fourth-order valence-corrected chi connectivity index (χ4v) is 3.84. The number of nitrogens with two attached hydrogens (primary N) is 1. The van der Waals surface area contributed by atoms with E-state index in [9.17, 15) is 14.7 Å². The highest BCUT2D eigenvalue weighted by atomic mass is 32.1. The van der Waals surface area contributed by atoms with Crippen LogP contribution in [0.15, 0.2) is 15.0 Å². The lowest BCUT2D eigenvalue weighted by atomic mass is 10.1. The van der Waals surface area contributed by atoms with Gasteiger partial charge < -0.3 is 5.11 Å². The summed E-state index contributed by atoms with van der Waals surface area (Å²) in [5, 5.41) is 22.1. The third kappa shape index (κ3) is 2.90. The summed E-state index contributed by atoms with van der Waals surface area (Å²) in [6.45, 7) is 0. The zero-order chi connectivity index (χ0) is 16.4. The number of azo groups is 1. The highest BCUT2D eigenvalue weighted by molar-refractivity contribution is 7.16. The molecule has 0 atom stereocenters. The van der Waals surface area contributed by atoms with E-state index in [1.165, 1.54) is 11.3 Å². The second-order valence-corrected chi connectivity index (χ2v) is 6.28. The molecule has 0 aliphatic heterocycles. The topological polar surface area (TPSA) is 149 Å². The van der Waals surface area contributed by atoms with E-state index in [0.29, 0.717) is 10.6 Å². The molecule has 0 radical (unpaired) electrons. The first-order chi connectivity index (χ1) is 11.1. The van der Waals surface area contributed by atoms with Crippen LogP contribution in [0, 0.1) is 0 Å². The maximum Gasteiger partial charge on any atom is 0.295 e. The molecule has 0 bridgehead atoms. The highest BCUT2D eigenvalue weighted by Gasteiger charge is 2.24. The van der Waals surface area contributed by atoms with Crippen molar-refractivity contribution in [2.45, 2.75) is 32.1 Å². The standard InChI is InChI=1S/C13H16N6O3S/c14-15-10(20)8-6-4-2-1-3-5-7(6)23-13(8)19-16-9-11(21)17-18-12(9)22/h1-5,14H2,(H,15,20)(H3,17,18,21,22). The largest absolute Gasteiger partial charge is 0.492 e. The number of nitrogens with one attached hydrogen (secondary N) is 3. The SMILES string of the molecule is NNC(=O)c1c(N=Nc2c(O)[nH][nH]c2=O)sc2c1CCCCC2. The van der Waals surface area contributed by atoms with Gasteiger partial charge in [0.05, 0.1) is 5.56 Å². The Hall–Kier alpha value is -2.46. The van der Waals surface area contributed by atoms with Crippen LogP contribution >= 0.6 is 11.3 Å². The second-order valence-electron chi connectivity index (χ2n) is 5.19. The lowest BCUT2D eigenvalue weighted by molar-refractivity contribution is 0.0953. The number of thiophene rings is 1. The van der Waals surface area contributed by atoms with Gasteiger partial charge in [-0.05, 0) is 31.2 Å². The Balaban J connectivity index is 2.05. The van der Waals surface area contributed by atoms with Gasteiger partial charge in [-0.3, -0.25) is 25.2 Å². The number of fused-ring (bicyclic) bond motifs is 1. The zero-order valence-corrected chi connectivity index (χ0v) is 13.0. The molecule has 1 amide bonds. The van der Waals surface area contributed by atoms with Crippen LogP contribution in [0.5, 0.6) is 5.88 Å². The van der Waals surface area contributed by atoms with Crippen molar-refractivity contribution in [2.24, 2.45) is 16.1 Å². The molecule has 6 N–H and O–H groups in total. The van der Waals surface area contributed by atoms with E-state index in [-0.39, 0.29) is 5.69 Å². The molecular formula is C13H16N6O3S. The van der Waals surface area contributed by atoms with Crippen LogP contribution in [0.25, 0.3) is 0 Å². The van der Waals surface area contributed by atoms with Crippen LogP contribution in [-0.2, 0) is 12.8 Å². The third-order valence-electron chi connectivity index (χ3n) is 3.74. The number of carbonyl (C=O) groups is 1. The summed E-state index contributed by atoms with van der Waals surface area (Å²) in [7, 11) is 0. The van der Waals surface area contributed by atoms with Crippen LogP contribution in [-0.4, -0.2) is 21.2 Å². The summed E-state index contributed by atoms with van der Waals surface area (Å²) >= 11 is 1.37. The molecule has 23 heavy (non-hydrogen) atoms. The van der Waals surface area contributed by atoms with Gasteiger partial charge in [0, 0.05) is 4.88 Å². The molecule has 122 valence electrons. The maximum absolute atomic E-state index is 12.1. The Morgan fingerprint density at radius 3 is 2.70 bits per heavy atom. The monoisotopic (exact) mass is 336 g/mol. The highest BCUT2D eigenvalue weighted by Crippen LogP contribution is 2.40. The van der Waals surface area contributed by atoms with E-state index in [1.807, 2.05) is 0 Å². The average molecular weight is 336 g/mol. The first-order valence-electron chi connectivity index (χ1n) is 7.18. The van der Waals surface area contributed by atoms with Gasteiger partial charge in [0.25, 0.3) is 11.5 Å². The van der Waals surface area contributed by atoms with Crippen molar-refractivity contribution in [3.05, 3.63) is 26.4 Å². The summed E-state index contributed by atoms with van der Waals surface area (Å²) in [5.41, 5.74) is 2.68. The smallest absolute Gasteiger partial charge is 0.295 e. The summed E-state index contributed by atoms with van der Waals surface area (Å²) in [4.78, 5) is 24.7. The van der Waals surface area contributed by atoms with Crippen molar-refractivity contribution >= 4 is 27.9 Å². The molecule has 0 unspecified atom stereocenters. The van der Waals surface area contributed by atoms with Gasteiger partial charge in [0.1, 0.15) is 0 Å². The number of hydrogen-bond donors (Lipinski definition) is 5. The van der Waals surface area contributed by atoms with Crippen molar-refractivity contribution in [3.8, 4) is 5.88 Å². The molecule has 2 aromatic rings. The molecule has 1 aliphatic carbocycles. The molecule has 0 aromatic carbocycles. The number of aromatic amines is 2. The molecule has 0 saturated heterocycles. The van der Waals surface area contributed by atoms with Gasteiger partial charge in [0.15, 0.2) is 5.00 Å². The number of carbonyl (C=O) groups excluding carboxylic acids is 1. The van der Waals surface area contributed by atoms with Gasteiger partial charge in [-0.2, -0.15) is 0 Å². The number of hydrazine groups is 1. The van der Waals surface area contributed by atoms with Gasteiger partial charge in [-0.1, -0.05) is 6.42 Å². The van der Waals surface area contributed by atoms with Gasteiger partial charge >= 0.3 is 0 Å². The number of nitrogen functional groups attached to an aromatic ring is 1. The minimum atomic E-state index is -0.589. The number of aromatic hydroxyl groups is 1. The van der Waals surface area contributed by atoms with Gasteiger partial charge in [-0.25, -0.2) is 5.84 Å². The zero-order valence-electron chi connectivity index (χ0n) is 12.2. The van der Waals surface area contributed by atoms with Crippen molar-refractivity contribution < 1.29 is 9.90 Å². The molecule has 9 nitrogen and oxygen atoms in total. The van der Waals surface area contributed by atoms with E-state index in [1.54, 1.807) is 0 Å². The Morgan fingerprint density at radius 1 is 1.22 bits per heavy atom. The van der Waals surface area contributed by atoms with Crippen LogP contribution in [0.4, 0.5) is 10.7 Å². The van der Waals surface area contributed by atoms with E-state index >= 15 is 0 Å². The van der Waals surface area contributed by atoms with Crippen LogP contribution in [0.2, 0.25) is 0 Å². The van der Waals surface area contributed by atoms with Gasteiger partial charge in [-0.15, -0.1) is 21.6 Å². The van der Waals surface area contributed by atoms with E-state index < -0.39 is 17.3 Å². The average Bonchev–Trinajstić information content (AvgIpc) is 2.95. The predicted molar refractivity (Wildman–Crippen MR) is 84.5 cm³/mol. The normalized spacial score (nSPS) is 14.7. The third-order valence-corrected chi connectivity index (χ3v) is 4.91. The first-order valence-corrected chi connectivity index (χ1v) is 8.00. The fraction of sp³-hybridized carbons (Fsp3) is 0.385. The minimum Gasteiger partial charge on any atom is -0.492 e. The Bertz CT molecular complexity index is 818. The van der Waals surface area contributed by atoms with Crippen LogP contribution in [0.3, 0.4) is 0 Å². The number of rotatable bonds is 3. The number of aryl methyl sites for hydroxylation is 1. The van der Waals surface area contributed by atoms with E-state index in [2.05, 4.69) is 25.9 Å². The second kappa shape index (κ2) is 6.34. The van der Waals surface area contributed by atoms with Crippen molar-refractivity contribution in [2.75, 3.05) is 0 Å². The molecular weight excluding hydrogens is 320 g/mol. The number of aromatic nitrogens is 2. The minimum absolute atomic E-state index is 0.229. The van der Waals surface area contributed by atoms with E-state index in [4.69, 9.17) is 5.84 Å². The quantitative estimate of drug-likeness (QED) is 0.191. The van der Waals surface area contributed by atoms with Gasteiger partial charge in [0.2, 0.25) is 11.6 Å². The van der Waals surface area contributed by atoms with Crippen LogP contribution < -0.4 is 16.8 Å². The molecule has 0 fully saturated rings. The Labute approximate surface area is 134 Å². The number of nitrogens with zero attached hydrogens (tertiary/aromatic N) is 2. The summed E-state index contributed by atoms with van der Waals surface area (Å²) in [6.07, 6.45) is 4.86. The lowest BCUT2D eigenvalue weighted by Gasteiger charge is -2.03. The number of amides is 1. The molecule has 0 spiro atoms. The molecule has 1 aliphatic rings. The van der Waals surface area contributed by atoms with Crippen molar-refractivity contribution in [1.82, 2.24) is 15.6 Å². The Kier molecular flexibility index (Phi) is 4.26. The summed E-state index contributed by atoms with van der Waals surface area (Å²) in [5.74, 6) is 4.45.